The van der Waals surface area contributed by atoms with Gasteiger partial charge in [0, 0.05) is 30.9 Å². The molecule has 2 rings (SSSR count). The predicted molar refractivity (Wildman–Crippen MR) is 147 cm³/mol. The number of hydrogen-bond donors (Lipinski definition) is 0. The van der Waals surface area contributed by atoms with Crippen LogP contribution < -0.4 is 0 Å². The highest BCUT2D eigenvalue weighted by atomic mass is 28.4. The summed E-state index contributed by atoms with van der Waals surface area (Å²) in [5.74, 6) is 0. The Balaban J connectivity index is 2.64. The van der Waals surface area contributed by atoms with Gasteiger partial charge in [0.1, 0.15) is 5.60 Å². The molecule has 1 saturated heterocycles. The molecule has 1 aromatic carbocycles. The maximum absolute atomic E-state index is 7.40. The molecule has 1 heterocycles. The summed E-state index contributed by atoms with van der Waals surface area (Å²) >= 11 is 0. The summed E-state index contributed by atoms with van der Waals surface area (Å²) in [7, 11) is -3.01. The number of rotatable bonds is 16. The second-order valence-corrected chi connectivity index (χ2v) is 13.8. The fraction of sp³-hybridized carbons (Fsp3) is 0.793. The summed E-state index contributed by atoms with van der Waals surface area (Å²) in [6, 6.07) is 11.4. The first kappa shape index (κ1) is 30.5. The van der Waals surface area contributed by atoms with Crippen LogP contribution in [0.5, 0.6) is 0 Å². The van der Waals surface area contributed by atoms with E-state index in [1.54, 1.807) is 0 Å². The van der Waals surface area contributed by atoms with Crippen molar-refractivity contribution >= 4 is 8.80 Å². The molecule has 1 atom stereocenters. The van der Waals surface area contributed by atoms with E-state index in [2.05, 4.69) is 70.0 Å². The highest BCUT2D eigenvalue weighted by Gasteiger charge is 2.54. The van der Waals surface area contributed by atoms with E-state index in [9.17, 15) is 0 Å². The summed E-state index contributed by atoms with van der Waals surface area (Å²) in [5.41, 5.74) is 0.452. The minimum atomic E-state index is -3.01. The van der Waals surface area contributed by atoms with Crippen molar-refractivity contribution in [2.45, 2.75) is 129 Å². The molecule has 0 aromatic heterocycles. The fourth-order valence-electron chi connectivity index (χ4n) is 5.73. The topological polar surface area (TPSA) is 40.2 Å². The zero-order valence-electron chi connectivity index (χ0n) is 24.0. The van der Waals surface area contributed by atoms with Gasteiger partial charge in [-0.05, 0) is 79.7 Å². The van der Waals surface area contributed by atoms with E-state index in [1.807, 2.05) is 20.8 Å². The van der Waals surface area contributed by atoms with Crippen molar-refractivity contribution in [3.05, 3.63) is 35.9 Å². The quantitative estimate of drug-likeness (QED) is 0.168. The highest BCUT2D eigenvalue weighted by Crippen LogP contribution is 2.47. The molecule has 0 spiro atoms. The van der Waals surface area contributed by atoms with Gasteiger partial charge in [-0.25, -0.2) is 0 Å². The average molecular weight is 508 g/mol. The van der Waals surface area contributed by atoms with Crippen LogP contribution in [0.1, 0.15) is 112 Å². The third kappa shape index (κ3) is 8.11. The van der Waals surface area contributed by atoms with Crippen molar-refractivity contribution in [1.82, 2.24) is 5.06 Å². The van der Waals surface area contributed by atoms with E-state index in [-0.39, 0.29) is 11.1 Å². The zero-order chi connectivity index (χ0) is 26.0. The Morgan fingerprint density at radius 3 is 1.83 bits per heavy atom. The maximum Gasteiger partial charge on any atom is 0.504 e. The molecule has 1 aliphatic rings. The van der Waals surface area contributed by atoms with Crippen LogP contribution in [-0.2, 0) is 23.7 Å². The lowest BCUT2D eigenvalue weighted by Gasteiger charge is -2.55. The molecule has 202 valence electrons. The molecule has 6 heteroatoms. The molecule has 1 aromatic rings. The zero-order valence-corrected chi connectivity index (χ0v) is 25.0. The molecule has 0 aliphatic carbocycles. The van der Waals surface area contributed by atoms with Crippen LogP contribution in [0.2, 0.25) is 6.04 Å². The fourth-order valence-corrected chi connectivity index (χ4v) is 8.75. The van der Waals surface area contributed by atoms with Crippen molar-refractivity contribution in [1.29, 1.82) is 0 Å². The Kier molecular flexibility index (Phi) is 11.9. The van der Waals surface area contributed by atoms with Crippen LogP contribution in [0.4, 0.5) is 0 Å². The van der Waals surface area contributed by atoms with Crippen LogP contribution in [-0.4, -0.2) is 44.8 Å². The number of hydrogen-bond acceptors (Lipinski definition) is 5. The number of benzene rings is 1. The Hall–Kier alpha value is -0.763. The van der Waals surface area contributed by atoms with Gasteiger partial charge in [0.05, 0.1) is 6.04 Å². The molecule has 35 heavy (non-hydrogen) atoms. The smallest absolute Gasteiger partial charge is 0.374 e. The predicted octanol–water partition coefficient (Wildman–Crippen LogP) is 7.88. The highest BCUT2D eigenvalue weighted by molar-refractivity contribution is 6.61. The molecule has 1 aliphatic heterocycles. The number of nitrogens with zero attached hydrogens (tertiary/aromatic N) is 1. The second-order valence-electron chi connectivity index (χ2n) is 11.2. The van der Waals surface area contributed by atoms with Crippen LogP contribution in [0.15, 0.2) is 30.3 Å². The van der Waals surface area contributed by atoms with Crippen molar-refractivity contribution < 1.29 is 18.1 Å². The molecule has 5 nitrogen and oxygen atoms in total. The SMILES string of the molecule is CCCCCCC(C[Si](OCC)(OCC)OCC)(ON1C(C)(C)CCCC1(C)C)c1ccccc1. The van der Waals surface area contributed by atoms with Crippen LogP contribution >= 0.6 is 0 Å². The summed E-state index contributed by atoms with van der Waals surface area (Å²) in [5, 5.41) is 2.32. The number of hydroxylamine groups is 2. The lowest BCUT2D eigenvalue weighted by Crippen LogP contribution is -2.62. The van der Waals surface area contributed by atoms with Gasteiger partial charge in [0.2, 0.25) is 0 Å². The lowest BCUT2D eigenvalue weighted by atomic mass is 9.82. The Morgan fingerprint density at radius 2 is 1.34 bits per heavy atom. The van der Waals surface area contributed by atoms with Crippen LogP contribution in [0.25, 0.3) is 0 Å². The Labute approximate surface area is 217 Å². The molecule has 1 fully saturated rings. The number of piperidine rings is 1. The van der Waals surface area contributed by atoms with Gasteiger partial charge in [0.15, 0.2) is 0 Å². The molecule has 1 unspecified atom stereocenters. The second kappa shape index (κ2) is 13.7. The first-order valence-corrected chi connectivity index (χ1v) is 16.0. The summed E-state index contributed by atoms with van der Waals surface area (Å²) in [6.45, 7) is 19.3. The van der Waals surface area contributed by atoms with Gasteiger partial charge < -0.3 is 13.3 Å². The Bertz CT molecular complexity index is 694. The minimum Gasteiger partial charge on any atom is -0.374 e. The summed E-state index contributed by atoms with van der Waals surface area (Å²) in [4.78, 5) is 7.40. The van der Waals surface area contributed by atoms with E-state index >= 15 is 0 Å². The van der Waals surface area contributed by atoms with E-state index < -0.39 is 14.4 Å². The lowest BCUT2D eigenvalue weighted by molar-refractivity contribution is -0.340. The van der Waals surface area contributed by atoms with Crippen molar-refractivity contribution in [2.75, 3.05) is 19.8 Å². The summed E-state index contributed by atoms with van der Waals surface area (Å²) in [6.07, 6.45) is 9.06. The molecule has 0 saturated carbocycles. The third-order valence-corrected chi connectivity index (χ3v) is 10.5. The van der Waals surface area contributed by atoms with E-state index in [4.69, 9.17) is 18.1 Å². The molecule has 0 bridgehead atoms. The van der Waals surface area contributed by atoms with Crippen molar-refractivity contribution in [3.8, 4) is 0 Å². The van der Waals surface area contributed by atoms with Gasteiger partial charge >= 0.3 is 8.80 Å². The largest absolute Gasteiger partial charge is 0.504 e. The molecular formula is C29H53NO4Si. The molecule has 0 amide bonds. The van der Waals surface area contributed by atoms with E-state index in [0.717, 1.165) is 25.7 Å². The Morgan fingerprint density at radius 1 is 0.800 bits per heavy atom. The van der Waals surface area contributed by atoms with Crippen molar-refractivity contribution in [2.24, 2.45) is 0 Å². The van der Waals surface area contributed by atoms with Crippen LogP contribution in [0.3, 0.4) is 0 Å². The average Bonchev–Trinajstić information content (AvgIpc) is 2.80. The normalized spacial score (nSPS) is 20.0. The standard InChI is InChI=1S/C29H53NO4Si/c1-9-13-14-18-24-29(26-20-16-15-17-21-26,25-35(31-10-2,32-11-3)33-12-4)34-30-27(5,6)22-19-23-28(30,7)8/h15-17,20-21H,9-14,18-19,22-25H2,1-8H3. The third-order valence-electron chi connectivity index (χ3n) is 7.27. The van der Waals surface area contributed by atoms with Gasteiger partial charge in [-0.1, -0.05) is 62.9 Å². The molecule has 0 radical (unpaired) electrons. The van der Waals surface area contributed by atoms with E-state index in [0.29, 0.717) is 25.9 Å². The van der Waals surface area contributed by atoms with Crippen LogP contribution in [0, 0.1) is 0 Å². The van der Waals surface area contributed by atoms with Gasteiger partial charge in [-0.15, -0.1) is 0 Å². The maximum atomic E-state index is 7.40. The van der Waals surface area contributed by atoms with Gasteiger partial charge in [-0.2, -0.15) is 5.06 Å². The molecular weight excluding hydrogens is 454 g/mol. The van der Waals surface area contributed by atoms with Gasteiger partial charge in [0.25, 0.3) is 0 Å². The minimum absolute atomic E-state index is 0.0712. The summed E-state index contributed by atoms with van der Waals surface area (Å²) < 4.78 is 19.2. The van der Waals surface area contributed by atoms with Gasteiger partial charge in [-0.3, -0.25) is 4.84 Å². The number of unbranched alkanes of at least 4 members (excludes halogenated alkanes) is 3. The van der Waals surface area contributed by atoms with E-state index in [1.165, 1.54) is 31.2 Å². The monoisotopic (exact) mass is 507 g/mol. The van der Waals surface area contributed by atoms with Crippen molar-refractivity contribution in [3.63, 3.8) is 0 Å². The molecule has 0 N–H and O–H groups in total. The first-order chi connectivity index (χ1) is 16.6. The first-order valence-electron chi connectivity index (χ1n) is 14.1.